The number of aryl methyl sites for hydroxylation is 1. The second kappa shape index (κ2) is 9.43. The molecule has 33 heavy (non-hydrogen) atoms. The molecule has 1 fully saturated rings. The van der Waals surface area contributed by atoms with Gasteiger partial charge in [-0.1, -0.05) is 43.5 Å². The summed E-state index contributed by atoms with van der Waals surface area (Å²) in [6, 6.07) is 14.4. The number of hydrogen-bond donors (Lipinski definition) is 2. The first kappa shape index (κ1) is 21.8. The predicted molar refractivity (Wildman–Crippen MR) is 134 cm³/mol. The number of fused-ring (bicyclic) bond motifs is 2. The van der Waals surface area contributed by atoms with Crippen molar-refractivity contribution in [2.24, 2.45) is 0 Å². The van der Waals surface area contributed by atoms with Crippen molar-refractivity contribution in [1.82, 2.24) is 15.2 Å². The number of benzene rings is 2. The Morgan fingerprint density at radius 2 is 1.91 bits per heavy atom. The SMILES string of the molecule is Cc1cccc2cc(CN(Cc3ccc4c(c3)OCO4)C(=S)NC3CCCCC3)c(=O)[nH]c12. The molecule has 6 nitrogen and oxygen atoms in total. The first-order valence-corrected chi connectivity index (χ1v) is 12.0. The second-order valence-corrected chi connectivity index (χ2v) is 9.38. The Balaban J connectivity index is 1.42. The first-order valence-electron chi connectivity index (χ1n) is 11.6. The van der Waals surface area contributed by atoms with Gasteiger partial charge in [-0.3, -0.25) is 4.79 Å². The van der Waals surface area contributed by atoms with E-state index in [0.29, 0.717) is 29.8 Å². The predicted octanol–water partition coefficient (Wildman–Crippen LogP) is 4.77. The first-order chi connectivity index (χ1) is 16.1. The third-order valence-corrected chi connectivity index (χ3v) is 6.93. The Morgan fingerprint density at radius 1 is 1.09 bits per heavy atom. The molecule has 0 radical (unpaired) electrons. The molecule has 1 saturated carbocycles. The van der Waals surface area contributed by atoms with Crippen molar-refractivity contribution in [2.45, 2.75) is 58.2 Å². The molecule has 0 amide bonds. The van der Waals surface area contributed by atoms with Gasteiger partial charge in [0.1, 0.15) is 0 Å². The minimum atomic E-state index is -0.0760. The van der Waals surface area contributed by atoms with Crippen molar-refractivity contribution in [2.75, 3.05) is 6.79 Å². The van der Waals surface area contributed by atoms with Crippen LogP contribution in [0.15, 0.2) is 47.3 Å². The second-order valence-electron chi connectivity index (χ2n) is 8.99. The summed E-state index contributed by atoms with van der Waals surface area (Å²) in [7, 11) is 0. The molecule has 1 aromatic heterocycles. The van der Waals surface area contributed by atoms with E-state index in [1.807, 2.05) is 49.4 Å². The summed E-state index contributed by atoms with van der Waals surface area (Å²) in [6.07, 6.45) is 6.01. The van der Waals surface area contributed by atoms with Gasteiger partial charge in [0.15, 0.2) is 16.6 Å². The third-order valence-electron chi connectivity index (χ3n) is 6.56. The number of para-hydroxylation sites is 1. The van der Waals surface area contributed by atoms with E-state index in [1.165, 1.54) is 19.3 Å². The lowest BCUT2D eigenvalue weighted by atomic mass is 9.96. The zero-order valence-electron chi connectivity index (χ0n) is 18.9. The molecular formula is C26H29N3O3S. The highest BCUT2D eigenvalue weighted by Gasteiger charge is 2.20. The number of nitrogens with zero attached hydrogens (tertiary/aromatic N) is 1. The Bertz CT molecular complexity index is 1230. The smallest absolute Gasteiger partial charge is 0.253 e. The van der Waals surface area contributed by atoms with Crippen LogP contribution in [-0.2, 0) is 13.1 Å². The van der Waals surface area contributed by atoms with E-state index in [2.05, 4.69) is 15.2 Å². The summed E-state index contributed by atoms with van der Waals surface area (Å²) in [4.78, 5) is 18.1. The highest BCUT2D eigenvalue weighted by Crippen LogP contribution is 2.33. The molecule has 0 spiro atoms. The Morgan fingerprint density at radius 3 is 2.76 bits per heavy atom. The molecule has 0 bridgehead atoms. The standard InChI is InChI=1S/C26H29N3O3S/c1-17-6-5-7-19-13-20(25(30)28-24(17)19)15-29(26(33)27-21-8-3-2-4-9-21)14-18-10-11-22-23(12-18)32-16-31-22/h5-7,10-13,21H,2-4,8-9,14-16H2,1H3,(H,27,33)(H,28,30). The van der Waals surface area contributed by atoms with E-state index >= 15 is 0 Å². The van der Waals surface area contributed by atoms with Gasteiger partial charge in [0.2, 0.25) is 6.79 Å². The van der Waals surface area contributed by atoms with Crippen molar-refractivity contribution in [3.8, 4) is 11.5 Å². The molecule has 5 rings (SSSR count). The number of nitrogens with one attached hydrogen (secondary N) is 2. The summed E-state index contributed by atoms with van der Waals surface area (Å²) in [5.74, 6) is 1.51. The summed E-state index contributed by atoms with van der Waals surface area (Å²) < 4.78 is 11.0. The van der Waals surface area contributed by atoms with Crippen molar-refractivity contribution in [3.63, 3.8) is 0 Å². The molecule has 2 heterocycles. The summed E-state index contributed by atoms with van der Waals surface area (Å²) in [6.45, 7) is 3.25. The van der Waals surface area contributed by atoms with Crippen LogP contribution in [0.25, 0.3) is 10.9 Å². The van der Waals surface area contributed by atoms with E-state index in [0.717, 1.165) is 46.4 Å². The molecule has 2 N–H and O–H groups in total. The number of pyridine rings is 1. The number of rotatable bonds is 5. The van der Waals surface area contributed by atoms with Crippen LogP contribution in [-0.4, -0.2) is 27.8 Å². The molecule has 0 unspecified atom stereocenters. The fraction of sp³-hybridized carbons (Fsp3) is 0.385. The molecule has 2 aromatic carbocycles. The highest BCUT2D eigenvalue weighted by atomic mass is 32.1. The van der Waals surface area contributed by atoms with Crippen LogP contribution in [0.1, 0.15) is 48.8 Å². The topological polar surface area (TPSA) is 66.6 Å². The third kappa shape index (κ3) is 4.83. The zero-order chi connectivity index (χ0) is 22.8. The van der Waals surface area contributed by atoms with Gasteiger partial charge >= 0.3 is 0 Å². The van der Waals surface area contributed by atoms with Crippen LogP contribution in [0.4, 0.5) is 0 Å². The summed E-state index contributed by atoms with van der Waals surface area (Å²) in [5.41, 5.74) is 3.62. The van der Waals surface area contributed by atoms with Crippen molar-refractivity contribution in [3.05, 3.63) is 69.5 Å². The zero-order valence-corrected chi connectivity index (χ0v) is 19.7. The van der Waals surface area contributed by atoms with Crippen LogP contribution in [0.2, 0.25) is 0 Å². The molecular weight excluding hydrogens is 434 g/mol. The number of hydrogen-bond acceptors (Lipinski definition) is 4. The molecule has 3 aromatic rings. The van der Waals surface area contributed by atoms with Crippen LogP contribution >= 0.6 is 12.2 Å². The monoisotopic (exact) mass is 463 g/mol. The molecule has 2 aliphatic rings. The molecule has 1 aliphatic heterocycles. The maximum atomic E-state index is 13.0. The van der Waals surface area contributed by atoms with E-state index in [9.17, 15) is 4.79 Å². The van der Waals surface area contributed by atoms with Gasteiger partial charge in [-0.15, -0.1) is 0 Å². The van der Waals surface area contributed by atoms with Gasteiger partial charge in [-0.2, -0.15) is 0 Å². The Labute approximate surface area is 198 Å². The van der Waals surface area contributed by atoms with Gasteiger partial charge in [0.25, 0.3) is 5.56 Å². The van der Waals surface area contributed by atoms with Gasteiger partial charge in [0, 0.05) is 18.2 Å². The number of aromatic amines is 1. The quantitative estimate of drug-likeness (QED) is 0.531. The minimum Gasteiger partial charge on any atom is -0.454 e. The average molecular weight is 464 g/mol. The lowest BCUT2D eigenvalue weighted by Gasteiger charge is -2.31. The maximum absolute atomic E-state index is 13.0. The number of H-pyrrole nitrogens is 1. The van der Waals surface area contributed by atoms with E-state index in [4.69, 9.17) is 21.7 Å². The van der Waals surface area contributed by atoms with Gasteiger partial charge in [-0.05, 0) is 66.7 Å². The van der Waals surface area contributed by atoms with Gasteiger partial charge < -0.3 is 24.7 Å². The van der Waals surface area contributed by atoms with Crippen LogP contribution in [0, 0.1) is 6.92 Å². The van der Waals surface area contributed by atoms with Crippen molar-refractivity contribution >= 4 is 28.2 Å². The number of thiocarbonyl (C=S) groups is 1. The lowest BCUT2D eigenvalue weighted by Crippen LogP contribution is -2.45. The highest BCUT2D eigenvalue weighted by molar-refractivity contribution is 7.80. The van der Waals surface area contributed by atoms with Crippen LogP contribution < -0.4 is 20.3 Å². The summed E-state index contributed by atoms with van der Waals surface area (Å²) in [5, 5.41) is 5.28. The molecule has 172 valence electrons. The molecule has 0 atom stereocenters. The maximum Gasteiger partial charge on any atom is 0.253 e. The molecule has 0 saturated heterocycles. The Kier molecular flexibility index (Phi) is 6.22. The molecule has 1 aliphatic carbocycles. The summed E-state index contributed by atoms with van der Waals surface area (Å²) >= 11 is 5.86. The number of ether oxygens (including phenoxy) is 2. The minimum absolute atomic E-state index is 0.0760. The van der Waals surface area contributed by atoms with Gasteiger partial charge in [0.05, 0.1) is 12.1 Å². The van der Waals surface area contributed by atoms with E-state index < -0.39 is 0 Å². The normalized spacial score (nSPS) is 15.5. The van der Waals surface area contributed by atoms with Crippen molar-refractivity contribution in [1.29, 1.82) is 0 Å². The largest absolute Gasteiger partial charge is 0.454 e. The van der Waals surface area contributed by atoms with Crippen molar-refractivity contribution < 1.29 is 9.47 Å². The van der Waals surface area contributed by atoms with E-state index in [1.54, 1.807) is 0 Å². The average Bonchev–Trinajstić information content (AvgIpc) is 3.28. The van der Waals surface area contributed by atoms with E-state index in [-0.39, 0.29) is 12.4 Å². The molecule has 7 heteroatoms. The number of aromatic nitrogens is 1. The fourth-order valence-corrected chi connectivity index (χ4v) is 5.02. The van der Waals surface area contributed by atoms with Crippen LogP contribution in [0.3, 0.4) is 0 Å². The van der Waals surface area contributed by atoms with Crippen LogP contribution in [0.5, 0.6) is 11.5 Å². The van der Waals surface area contributed by atoms with Gasteiger partial charge in [-0.25, -0.2) is 0 Å². The lowest BCUT2D eigenvalue weighted by molar-refractivity contribution is 0.174. The fourth-order valence-electron chi connectivity index (χ4n) is 4.72. The Hall–Kier alpha value is -3.06.